The van der Waals surface area contributed by atoms with Crippen LogP contribution in [0.4, 0.5) is 0 Å². The zero-order valence-electron chi connectivity index (χ0n) is 9.61. The van der Waals surface area contributed by atoms with Gasteiger partial charge in [0, 0.05) is 12.5 Å². The summed E-state index contributed by atoms with van der Waals surface area (Å²) in [5.41, 5.74) is 4.40. The number of hydrazine groups is 1. The minimum atomic E-state index is 0.311. The van der Waals surface area contributed by atoms with Gasteiger partial charge in [0.2, 0.25) is 0 Å². The molecule has 1 aliphatic carbocycles. The number of rotatable bonds is 5. The largest absolute Gasteiger partial charge is 0.469 e. The van der Waals surface area contributed by atoms with E-state index in [1.807, 2.05) is 12.1 Å². The van der Waals surface area contributed by atoms with Crippen LogP contribution >= 0.6 is 0 Å². The molecular formula is C13H20N2O. The van der Waals surface area contributed by atoms with Gasteiger partial charge in [-0.25, -0.2) is 0 Å². The second kappa shape index (κ2) is 5.87. The monoisotopic (exact) mass is 220 g/mol. The predicted molar refractivity (Wildman–Crippen MR) is 64.7 cm³/mol. The van der Waals surface area contributed by atoms with E-state index in [-0.39, 0.29) is 0 Å². The smallest absolute Gasteiger partial charge is 0.103 e. The van der Waals surface area contributed by atoms with Crippen LogP contribution in [0.15, 0.2) is 34.5 Å². The number of aryl methyl sites for hydroxylation is 1. The molecule has 1 aromatic heterocycles. The number of nitrogens with one attached hydrogen (secondary N) is 1. The molecule has 0 radical (unpaired) electrons. The fourth-order valence-corrected chi connectivity index (χ4v) is 2.30. The number of hydrogen-bond acceptors (Lipinski definition) is 3. The molecule has 1 unspecified atom stereocenters. The molecule has 1 atom stereocenters. The zero-order chi connectivity index (χ0) is 11.2. The highest BCUT2D eigenvalue weighted by Crippen LogP contribution is 2.22. The third-order valence-electron chi connectivity index (χ3n) is 3.23. The quantitative estimate of drug-likeness (QED) is 0.455. The maximum Gasteiger partial charge on any atom is 0.103 e. The Morgan fingerprint density at radius 1 is 1.44 bits per heavy atom. The van der Waals surface area contributed by atoms with Crippen molar-refractivity contribution in [2.45, 2.75) is 44.6 Å². The van der Waals surface area contributed by atoms with Gasteiger partial charge in [-0.2, -0.15) is 0 Å². The average molecular weight is 220 g/mol. The predicted octanol–water partition coefficient (Wildman–Crippen LogP) is 2.54. The van der Waals surface area contributed by atoms with Crippen LogP contribution in [-0.2, 0) is 6.42 Å². The lowest BCUT2D eigenvalue weighted by molar-refractivity contribution is 0.463. The van der Waals surface area contributed by atoms with Gasteiger partial charge in [-0.15, -0.1) is 0 Å². The van der Waals surface area contributed by atoms with Gasteiger partial charge in [-0.1, -0.05) is 11.6 Å². The number of furan rings is 1. The van der Waals surface area contributed by atoms with Crippen molar-refractivity contribution >= 4 is 0 Å². The fourth-order valence-electron chi connectivity index (χ4n) is 2.30. The highest BCUT2D eigenvalue weighted by atomic mass is 16.3. The summed E-state index contributed by atoms with van der Waals surface area (Å²) in [6, 6.07) is 4.26. The Hall–Kier alpha value is -1.06. The molecule has 1 aliphatic rings. The van der Waals surface area contributed by atoms with Crippen molar-refractivity contribution in [2.24, 2.45) is 5.84 Å². The highest BCUT2D eigenvalue weighted by molar-refractivity contribution is 5.13. The van der Waals surface area contributed by atoms with E-state index < -0.39 is 0 Å². The van der Waals surface area contributed by atoms with Gasteiger partial charge >= 0.3 is 0 Å². The Bertz CT molecular complexity index is 330. The topological polar surface area (TPSA) is 51.2 Å². The summed E-state index contributed by atoms with van der Waals surface area (Å²) in [5, 5.41) is 0. The highest BCUT2D eigenvalue weighted by Gasteiger charge is 2.15. The van der Waals surface area contributed by atoms with Gasteiger partial charge in [-0.3, -0.25) is 11.3 Å². The maximum atomic E-state index is 5.62. The standard InChI is InChI=1S/C13H20N2O/c14-15-13(11-5-2-1-3-6-11)9-8-12-7-4-10-16-12/h4-5,7,10,13,15H,1-3,6,8-9,14H2. The molecule has 3 heteroatoms. The van der Waals surface area contributed by atoms with E-state index >= 15 is 0 Å². The van der Waals surface area contributed by atoms with Crippen molar-refractivity contribution in [3.8, 4) is 0 Å². The Labute approximate surface area is 96.7 Å². The van der Waals surface area contributed by atoms with Crippen molar-refractivity contribution in [1.82, 2.24) is 5.43 Å². The van der Waals surface area contributed by atoms with Crippen LogP contribution in [-0.4, -0.2) is 6.04 Å². The van der Waals surface area contributed by atoms with E-state index in [1.165, 1.54) is 31.3 Å². The average Bonchev–Trinajstić information content (AvgIpc) is 2.84. The summed E-state index contributed by atoms with van der Waals surface area (Å²) in [6.07, 6.45) is 11.0. The van der Waals surface area contributed by atoms with Crippen LogP contribution in [0.5, 0.6) is 0 Å². The molecule has 0 aliphatic heterocycles. The molecule has 0 amide bonds. The summed E-state index contributed by atoms with van der Waals surface area (Å²) in [5.74, 6) is 6.66. The van der Waals surface area contributed by atoms with Gasteiger partial charge in [0.1, 0.15) is 5.76 Å². The van der Waals surface area contributed by atoms with E-state index in [9.17, 15) is 0 Å². The molecule has 0 fully saturated rings. The fraction of sp³-hybridized carbons (Fsp3) is 0.538. The second-order valence-corrected chi connectivity index (χ2v) is 4.36. The summed E-state index contributed by atoms with van der Waals surface area (Å²) in [4.78, 5) is 0. The third-order valence-corrected chi connectivity index (χ3v) is 3.23. The molecule has 1 aromatic rings. The SMILES string of the molecule is NNC(CCc1ccco1)C1=CCCCC1. The van der Waals surface area contributed by atoms with Gasteiger partial charge < -0.3 is 4.42 Å². The molecular weight excluding hydrogens is 200 g/mol. The van der Waals surface area contributed by atoms with E-state index in [4.69, 9.17) is 10.3 Å². The lowest BCUT2D eigenvalue weighted by Gasteiger charge is -2.22. The molecule has 0 spiro atoms. The summed E-state index contributed by atoms with van der Waals surface area (Å²) in [7, 11) is 0. The molecule has 16 heavy (non-hydrogen) atoms. The Morgan fingerprint density at radius 2 is 2.38 bits per heavy atom. The molecule has 1 heterocycles. The van der Waals surface area contributed by atoms with Crippen LogP contribution in [0.3, 0.4) is 0 Å². The molecule has 0 saturated heterocycles. The molecule has 3 nitrogen and oxygen atoms in total. The Morgan fingerprint density at radius 3 is 3.00 bits per heavy atom. The number of hydrogen-bond donors (Lipinski definition) is 2. The Kier molecular flexibility index (Phi) is 4.19. The van der Waals surface area contributed by atoms with Gasteiger partial charge in [0.25, 0.3) is 0 Å². The van der Waals surface area contributed by atoms with Gasteiger partial charge in [-0.05, 0) is 44.2 Å². The van der Waals surface area contributed by atoms with Crippen LogP contribution in [0.25, 0.3) is 0 Å². The summed E-state index contributed by atoms with van der Waals surface area (Å²) in [6.45, 7) is 0. The van der Waals surface area contributed by atoms with Gasteiger partial charge in [0.05, 0.1) is 6.26 Å². The Balaban J connectivity index is 1.87. The summed E-state index contributed by atoms with van der Waals surface area (Å²) >= 11 is 0. The van der Waals surface area contributed by atoms with Crippen molar-refractivity contribution in [3.63, 3.8) is 0 Å². The molecule has 0 aromatic carbocycles. The minimum Gasteiger partial charge on any atom is -0.469 e. The first-order chi connectivity index (χ1) is 7.90. The summed E-state index contributed by atoms with van der Waals surface area (Å²) < 4.78 is 5.33. The molecule has 2 rings (SSSR count). The lowest BCUT2D eigenvalue weighted by atomic mass is 9.91. The molecule has 0 saturated carbocycles. The number of allylic oxidation sites excluding steroid dienone is 1. The molecule has 3 N–H and O–H groups in total. The first-order valence-corrected chi connectivity index (χ1v) is 6.07. The van der Waals surface area contributed by atoms with Gasteiger partial charge in [0.15, 0.2) is 0 Å². The van der Waals surface area contributed by atoms with E-state index in [1.54, 1.807) is 6.26 Å². The first kappa shape index (κ1) is 11.4. The van der Waals surface area contributed by atoms with Crippen LogP contribution in [0, 0.1) is 0 Å². The van der Waals surface area contributed by atoms with Crippen LogP contribution in [0.2, 0.25) is 0 Å². The maximum absolute atomic E-state index is 5.62. The minimum absolute atomic E-state index is 0.311. The first-order valence-electron chi connectivity index (χ1n) is 6.07. The van der Waals surface area contributed by atoms with Crippen molar-refractivity contribution in [3.05, 3.63) is 35.8 Å². The normalized spacial score (nSPS) is 18.2. The third kappa shape index (κ3) is 2.97. The van der Waals surface area contributed by atoms with E-state index in [0.717, 1.165) is 18.6 Å². The molecule has 88 valence electrons. The van der Waals surface area contributed by atoms with Crippen molar-refractivity contribution in [2.75, 3.05) is 0 Å². The second-order valence-electron chi connectivity index (χ2n) is 4.36. The van der Waals surface area contributed by atoms with Crippen LogP contribution < -0.4 is 11.3 Å². The van der Waals surface area contributed by atoms with E-state index in [2.05, 4.69) is 11.5 Å². The lowest BCUT2D eigenvalue weighted by Crippen LogP contribution is -2.37. The zero-order valence-corrected chi connectivity index (χ0v) is 9.61. The van der Waals surface area contributed by atoms with Crippen molar-refractivity contribution < 1.29 is 4.42 Å². The van der Waals surface area contributed by atoms with Crippen molar-refractivity contribution in [1.29, 1.82) is 0 Å². The van der Waals surface area contributed by atoms with E-state index in [0.29, 0.717) is 6.04 Å². The molecule has 0 bridgehead atoms. The number of nitrogens with two attached hydrogens (primary N) is 1. The van der Waals surface area contributed by atoms with Crippen LogP contribution in [0.1, 0.15) is 37.9 Å².